The Morgan fingerprint density at radius 1 is 1.06 bits per heavy atom. The van der Waals surface area contributed by atoms with Crippen molar-refractivity contribution in [3.05, 3.63) is 35.9 Å². The van der Waals surface area contributed by atoms with E-state index in [9.17, 15) is 18.3 Å². The van der Waals surface area contributed by atoms with E-state index in [-0.39, 0.29) is 16.8 Å². The molecular weight excluding hydrogens is 219 g/mol. The van der Waals surface area contributed by atoms with Crippen molar-refractivity contribution < 1.29 is 18.3 Å². The third kappa shape index (κ3) is 1.76. The van der Waals surface area contributed by atoms with Gasteiger partial charge in [0.25, 0.3) is 0 Å². The summed E-state index contributed by atoms with van der Waals surface area (Å²) in [5.41, 5.74) is 4.61. The van der Waals surface area contributed by atoms with Crippen LogP contribution in [0.15, 0.2) is 30.3 Å². The number of phenols is 1. The van der Waals surface area contributed by atoms with Gasteiger partial charge in [-0.1, -0.05) is 6.07 Å². The van der Waals surface area contributed by atoms with Gasteiger partial charge in [0.15, 0.2) is 0 Å². The van der Waals surface area contributed by atoms with Crippen LogP contribution in [-0.4, -0.2) is 5.11 Å². The number of fused-ring (bicyclic) bond motifs is 1. The van der Waals surface area contributed by atoms with E-state index >= 15 is 0 Å². The summed E-state index contributed by atoms with van der Waals surface area (Å²) in [6.07, 6.45) is -4.48. The molecule has 0 aliphatic rings. The Morgan fingerprint density at radius 2 is 1.75 bits per heavy atom. The summed E-state index contributed by atoms with van der Waals surface area (Å²) >= 11 is 0. The van der Waals surface area contributed by atoms with Crippen molar-refractivity contribution in [1.29, 1.82) is 0 Å². The molecule has 0 unspecified atom stereocenters. The highest BCUT2D eigenvalue weighted by atomic mass is 19.4. The third-order valence-electron chi connectivity index (χ3n) is 2.27. The van der Waals surface area contributed by atoms with Crippen LogP contribution in [0, 0.1) is 0 Å². The zero-order chi connectivity index (χ0) is 11.9. The van der Waals surface area contributed by atoms with Crippen LogP contribution < -0.4 is 5.73 Å². The minimum absolute atomic E-state index is 0.0468. The maximum absolute atomic E-state index is 12.7. The van der Waals surface area contributed by atoms with E-state index in [0.717, 1.165) is 12.1 Å². The van der Waals surface area contributed by atoms with Crippen LogP contribution in [-0.2, 0) is 6.18 Å². The van der Waals surface area contributed by atoms with Gasteiger partial charge in [0.05, 0.1) is 5.56 Å². The second-order valence-corrected chi connectivity index (χ2v) is 3.47. The Morgan fingerprint density at radius 3 is 2.38 bits per heavy atom. The van der Waals surface area contributed by atoms with E-state index in [1.54, 1.807) is 0 Å². The Balaban J connectivity index is 2.85. The lowest BCUT2D eigenvalue weighted by Gasteiger charge is -2.11. The van der Waals surface area contributed by atoms with Gasteiger partial charge in [-0.15, -0.1) is 0 Å². The Hall–Kier alpha value is -1.91. The van der Waals surface area contributed by atoms with Gasteiger partial charge >= 0.3 is 6.18 Å². The number of phenolic OH excluding ortho intramolecular Hbond substituents is 1. The van der Waals surface area contributed by atoms with Crippen molar-refractivity contribution in [3.8, 4) is 5.75 Å². The molecule has 3 N–H and O–H groups in total. The van der Waals surface area contributed by atoms with Crippen molar-refractivity contribution in [2.45, 2.75) is 6.18 Å². The van der Waals surface area contributed by atoms with Gasteiger partial charge < -0.3 is 10.8 Å². The summed E-state index contributed by atoms with van der Waals surface area (Å²) < 4.78 is 38.1. The van der Waals surface area contributed by atoms with E-state index < -0.39 is 11.7 Å². The second kappa shape index (κ2) is 3.30. The van der Waals surface area contributed by atoms with Crippen LogP contribution in [0.4, 0.5) is 18.9 Å². The van der Waals surface area contributed by atoms with E-state index in [1.165, 1.54) is 18.2 Å². The molecule has 0 aliphatic carbocycles. The molecule has 0 bridgehead atoms. The predicted molar refractivity (Wildman–Crippen MR) is 55.0 cm³/mol. The maximum atomic E-state index is 12.7. The third-order valence-corrected chi connectivity index (χ3v) is 2.27. The Kier molecular flexibility index (Phi) is 2.18. The molecule has 0 fully saturated rings. The van der Waals surface area contributed by atoms with Crippen LogP contribution in [0.3, 0.4) is 0 Å². The molecule has 0 radical (unpaired) electrons. The first-order valence-electron chi connectivity index (χ1n) is 4.47. The molecule has 5 heteroatoms. The lowest BCUT2D eigenvalue weighted by Crippen LogP contribution is -2.06. The molecule has 2 nitrogen and oxygen atoms in total. The molecule has 0 spiro atoms. The molecule has 2 aromatic rings. The number of halogens is 3. The summed E-state index contributed by atoms with van der Waals surface area (Å²) in [4.78, 5) is 0. The number of rotatable bonds is 0. The fourth-order valence-corrected chi connectivity index (χ4v) is 1.60. The molecule has 0 heterocycles. The highest BCUT2D eigenvalue weighted by Gasteiger charge is 2.32. The summed E-state index contributed by atoms with van der Waals surface area (Å²) in [5.74, 6) is -0.206. The van der Waals surface area contributed by atoms with E-state index in [1.807, 2.05) is 0 Å². The number of hydrogen-bond acceptors (Lipinski definition) is 2. The van der Waals surface area contributed by atoms with Crippen LogP contribution in [0.2, 0.25) is 0 Å². The van der Waals surface area contributed by atoms with Gasteiger partial charge in [0, 0.05) is 5.69 Å². The van der Waals surface area contributed by atoms with Gasteiger partial charge in [-0.3, -0.25) is 0 Å². The standard InChI is InChI=1S/C11H8F3NO/c12-11(13,14)10-4-7(15)3-6-1-2-8(16)5-9(6)10/h1-5,16H,15H2. The minimum atomic E-state index is -4.48. The van der Waals surface area contributed by atoms with E-state index in [4.69, 9.17) is 5.73 Å². The first-order valence-corrected chi connectivity index (χ1v) is 4.47. The van der Waals surface area contributed by atoms with Gasteiger partial charge in [-0.05, 0) is 35.0 Å². The first kappa shape index (κ1) is 10.6. The first-order chi connectivity index (χ1) is 7.38. The number of aromatic hydroxyl groups is 1. The van der Waals surface area contributed by atoms with Crippen molar-refractivity contribution in [2.24, 2.45) is 0 Å². The quantitative estimate of drug-likeness (QED) is 0.679. The van der Waals surface area contributed by atoms with E-state index in [2.05, 4.69) is 0 Å². The number of anilines is 1. The summed E-state index contributed by atoms with van der Waals surface area (Å²) in [6.45, 7) is 0. The average Bonchev–Trinajstić information content (AvgIpc) is 2.16. The largest absolute Gasteiger partial charge is 0.508 e. The highest BCUT2D eigenvalue weighted by molar-refractivity contribution is 5.90. The topological polar surface area (TPSA) is 46.2 Å². The second-order valence-electron chi connectivity index (χ2n) is 3.47. The molecule has 0 aliphatic heterocycles. The smallest absolute Gasteiger partial charge is 0.417 e. The number of hydrogen-bond donors (Lipinski definition) is 2. The number of nitrogen functional groups attached to an aromatic ring is 1. The number of alkyl halides is 3. The molecule has 84 valence electrons. The van der Waals surface area contributed by atoms with Gasteiger partial charge in [0.1, 0.15) is 5.75 Å². The van der Waals surface area contributed by atoms with Crippen molar-refractivity contribution in [3.63, 3.8) is 0 Å². The minimum Gasteiger partial charge on any atom is -0.508 e. The number of nitrogens with two attached hydrogens (primary N) is 1. The van der Waals surface area contributed by atoms with Gasteiger partial charge in [-0.2, -0.15) is 13.2 Å². The fraction of sp³-hybridized carbons (Fsp3) is 0.0909. The van der Waals surface area contributed by atoms with Crippen molar-refractivity contribution in [1.82, 2.24) is 0 Å². The molecular formula is C11H8F3NO. The SMILES string of the molecule is Nc1cc(C(F)(F)F)c2cc(O)ccc2c1. The molecule has 0 atom stereocenters. The highest BCUT2D eigenvalue weighted by Crippen LogP contribution is 2.37. The number of benzene rings is 2. The molecule has 0 aromatic heterocycles. The zero-order valence-corrected chi connectivity index (χ0v) is 8.05. The van der Waals surface area contributed by atoms with E-state index in [0.29, 0.717) is 5.39 Å². The summed E-state index contributed by atoms with van der Waals surface area (Å²) in [6, 6.07) is 6.10. The van der Waals surface area contributed by atoms with Crippen LogP contribution in [0.5, 0.6) is 5.75 Å². The maximum Gasteiger partial charge on any atom is 0.417 e. The van der Waals surface area contributed by atoms with Crippen LogP contribution in [0.1, 0.15) is 5.56 Å². The fourth-order valence-electron chi connectivity index (χ4n) is 1.60. The molecule has 0 amide bonds. The summed E-state index contributed by atoms with van der Waals surface area (Å²) in [5, 5.41) is 9.49. The van der Waals surface area contributed by atoms with Crippen molar-refractivity contribution in [2.75, 3.05) is 5.73 Å². The molecule has 0 saturated carbocycles. The van der Waals surface area contributed by atoms with Gasteiger partial charge in [-0.25, -0.2) is 0 Å². The monoisotopic (exact) mass is 227 g/mol. The zero-order valence-electron chi connectivity index (χ0n) is 8.05. The Bertz CT molecular complexity index is 549. The predicted octanol–water partition coefficient (Wildman–Crippen LogP) is 3.15. The Labute approximate surface area is 89.1 Å². The average molecular weight is 227 g/mol. The lowest BCUT2D eigenvalue weighted by atomic mass is 10.0. The van der Waals surface area contributed by atoms with Gasteiger partial charge in [0.2, 0.25) is 0 Å². The van der Waals surface area contributed by atoms with Crippen molar-refractivity contribution >= 4 is 16.5 Å². The molecule has 2 rings (SSSR count). The molecule has 2 aromatic carbocycles. The van der Waals surface area contributed by atoms with Crippen LogP contribution in [0.25, 0.3) is 10.8 Å². The summed E-state index contributed by atoms with van der Waals surface area (Å²) in [7, 11) is 0. The molecule has 16 heavy (non-hydrogen) atoms. The van der Waals surface area contributed by atoms with Crippen LogP contribution >= 0.6 is 0 Å². The normalized spacial score (nSPS) is 11.9. The lowest BCUT2D eigenvalue weighted by molar-refractivity contribution is -0.136. The molecule has 0 saturated heterocycles.